The molecule has 2 heteroatoms. The zero-order valence-corrected chi connectivity index (χ0v) is 13.0. The molecule has 2 rings (SSSR count). The second-order valence-electron chi connectivity index (χ2n) is 7.69. The zero-order valence-electron chi connectivity index (χ0n) is 13.0. The molecule has 2 aliphatic carbocycles. The van der Waals surface area contributed by atoms with E-state index in [1.807, 2.05) is 0 Å². The van der Waals surface area contributed by atoms with Crippen LogP contribution in [0.1, 0.15) is 79.1 Å². The fraction of sp³-hybridized carbons (Fsp3) is 1.00. The largest absolute Gasteiger partial charge is 0.339 e. The van der Waals surface area contributed by atoms with Crippen LogP contribution >= 0.6 is 0 Å². The molecule has 0 heterocycles. The van der Waals surface area contributed by atoms with Crippen molar-refractivity contribution in [2.45, 2.75) is 96.5 Å². The minimum absolute atomic E-state index is 0.463. The van der Waals surface area contributed by atoms with Crippen LogP contribution in [0.3, 0.4) is 0 Å². The van der Waals surface area contributed by atoms with Gasteiger partial charge in [-0.3, -0.25) is 0 Å². The Labute approximate surface area is 115 Å². The van der Waals surface area contributed by atoms with Gasteiger partial charge in [0.1, 0.15) is 0 Å². The quantitative estimate of drug-likeness (QED) is 0.653. The topological polar surface area (TPSA) is 3.24 Å². The average molecular weight is 249 g/mol. The lowest BCUT2D eigenvalue weighted by Gasteiger charge is -2.41. The molecule has 2 fully saturated rings. The third kappa shape index (κ3) is 3.32. The van der Waals surface area contributed by atoms with Gasteiger partial charge in [-0.15, -0.1) is 0 Å². The maximum Gasteiger partial charge on any atom is 0.210 e. The van der Waals surface area contributed by atoms with E-state index < -0.39 is 0 Å². The molecule has 2 saturated carbocycles. The maximum atomic E-state index is 2.93. The number of nitrogens with zero attached hydrogens (tertiary/aromatic N) is 1. The van der Waals surface area contributed by atoms with Gasteiger partial charge in [-0.1, -0.05) is 53.4 Å². The fourth-order valence-electron chi connectivity index (χ4n) is 3.68. The van der Waals surface area contributed by atoms with Crippen molar-refractivity contribution in [1.29, 1.82) is 0 Å². The SMILES string of the molecule is CC(C)C(C)(C)BN(C1CCCC1)C1CCCC1. The van der Waals surface area contributed by atoms with Crippen molar-refractivity contribution in [2.24, 2.45) is 5.92 Å². The Morgan fingerprint density at radius 1 is 0.889 bits per heavy atom. The molecule has 2 aliphatic rings. The van der Waals surface area contributed by atoms with Gasteiger partial charge in [0.15, 0.2) is 0 Å². The summed E-state index contributed by atoms with van der Waals surface area (Å²) in [6.07, 6.45) is 11.7. The van der Waals surface area contributed by atoms with Crippen LogP contribution in [0, 0.1) is 5.92 Å². The van der Waals surface area contributed by atoms with Crippen LogP contribution in [0.2, 0.25) is 5.31 Å². The first-order valence-electron chi connectivity index (χ1n) is 8.26. The summed E-state index contributed by atoms with van der Waals surface area (Å²) in [6, 6.07) is 1.82. The molecule has 1 nitrogen and oxygen atoms in total. The Hall–Kier alpha value is 0.0249. The average Bonchev–Trinajstić information content (AvgIpc) is 2.99. The highest BCUT2D eigenvalue weighted by Gasteiger charge is 2.36. The Kier molecular flexibility index (Phi) is 4.80. The summed E-state index contributed by atoms with van der Waals surface area (Å²) in [7, 11) is 1.32. The number of hydrogen-bond donors (Lipinski definition) is 0. The third-order valence-electron chi connectivity index (χ3n) is 5.74. The van der Waals surface area contributed by atoms with Crippen molar-refractivity contribution >= 4 is 7.41 Å². The van der Waals surface area contributed by atoms with Crippen LogP contribution in [0.4, 0.5) is 0 Å². The normalized spacial score (nSPS) is 23.4. The van der Waals surface area contributed by atoms with E-state index in [1.54, 1.807) is 0 Å². The van der Waals surface area contributed by atoms with Crippen LogP contribution in [0.25, 0.3) is 0 Å². The summed E-state index contributed by atoms with van der Waals surface area (Å²) in [4.78, 5) is 2.93. The summed E-state index contributed by atoms with van der Waals surface area (Å²) in [5.41, 5.74) is 0. The molecule has 0 aromatic heterocycles. The molecule has 18 heavy (non-hydrogen) atoms. The lowest BCUT2D eigenvalue weighted by atomic mass is 9.55. The van der Waals surface area contributed by atoms with Gasteiger partial charge in [-0.25, -0.2) is 0 Å². The predicted octanol–water partition coefficient (Wildman–Crippen LogP) is 4.38. The van der Waals surface area contributed by atoms with Crippen LogP contribution in [0.5, 0.6) is 0 Å². The number of hydrogen-bond acceptors (Lipinski definition) is 1. The zero-order chi connectivity index (χ0) is 13.2. The molecule has 0 saturated heterocycles. The summed E-state index contributed by atoms with van der Waals surface area (Å²) >= 11 is 0. The summed E-state index contributed by atoms with van der Waals surface area (Å²) < 4.78 is 0. The van der Waals surface area contributed by atoms with E-state index in [0.717, 1.165) is 18.0 Å². The van der Waals surface area contributed by atoms with Crippen LogP contribution < -0.4 is 0 Å². The molecule has 0 aliphatic heterocycles. The van der Waals surface area contributed by atoms with E-state index in [1.165, 1.54) is 58.8 Å². The molecular weight excluding hydrogens is 217 g/mol. The first-order valence-corrected chi connectivity index (χ1v) is 8.26. The first-order chi connectivity index (χ1) is 8.50. The van der Waals surface area contributed by atoms with Crippen molar-refractivity contribution in [1.82, 2.24) is 4.81 Å². The van der Waals surface area contributed by atoms with Crippen molar-refractivity contribution < 1.29 is 0 Å². The van der Waals surface area contributed by atoms with Crippen molar-refractivity contribution in [3.8, 4) is 0 Å². The second-order valence-corrected chi connectivity index (χ2v) is 7.69. The monoisotopic (exact) mass is 249 g/mol. The summed E-state index contributed by atoms with van der Waals surface area (Å²) in [6.45, 7) is 9.71. The molecule has 0 bridgehead atoms. The molecule has 0 N–H and O–H groups in total. The molecule has 0 amide bonds. The Bertz CT molecular complexity index is 234. The molecule has 0 unspecified atom stereocenters. The minimum Gasteiger partial charge on any atom is -0.339 e. The molecule has 0 aromatic rings. The highest BCUT2D eigenvalue weighted by Crippen LogP contribution is 2.38. The van der Waals surface area contributed by atoms with Crippen LogP contribution in [-0.4, -0.2) is 24.3 Å². The standard InChI is InChI=1S/C16H32BN/c1-13(2)16(3,4)17-18(14-9-5-6-10-14)15-11-7-8-12-15/h13-15,17H,5-12H2,1-4H3. The summed E-state index contributed by atoms with van der Waals surface area (Å²) in [5, 5.41) is 0.463. The van der Waals surface area contributed by atoms with E-state index in [0.29, 0.717) is 5.31 Å². The van der Waals surface area contributed by atoms with Gasteiger partial charge in [-0.05, 0) is 49.0 Å². The van der Waals surface area contributed by atoms with Crippen molar-refractivity contribution in [2.75, 3.05) is 0 Å². The lowest BCUT2D eigenvalue weighted by molar-refractivity contribution is 0.242. The third-order valence-corrected chi connectivity index (χ3v) is 5.74. The van der Waals surface area contributed by atoms with Crippen molar-refractivity contribution in [3.05, 3.63) is 0 Å². The predicted molar refractivity (Wildman–Crippen MR) is 82.4 cm³/mol. The van der Waals surface area contributed by atoms with Crippen LogP contribution in [0.15, 0.2) is 0 Å². The van der Waals surface area contributed by atoms with Crippen molar-refractivity contribution in [3.63, 3.8) is 0 Å². The van der Waals surface area contributed by atoms with E-state index in [2.05, 4.69) is 32.5 Å². The van der Waals surface area contributed by atoms with Gasteiger partial charge in [-0.2, -0.15) is 0 Å². The molecular formula is C16H32BN. The van der Waals surface area contributed by atoms with Gasteiger partial charge in [0.05, 0.1) is 0 Å². The van der Waals surface area contributed by atoms with Gasteiger partial charge in [0.2, 0.25) is 7.41 Å². The van der Waals surface area contributed by atoms with E-state index in [4.69, 9.17) is 0 Å². The summed E-state index contributed by atoms with van der Waals surface area (Å²) in [5.74, 6) is 0.780. The van der Waals surface area contributed by atoms with Gasteiger partial charge >= 0.3 is 0 Å². The second kappa shape index (κ2) is 5.99. The molecule has 0 spiro atoms. The van der Waals surface area contributed by atoms with Gasteiger partial charge in [0, 0.05) is 0 Å². The maximum absolute atomic E-state index is 2.93. The highest BCUT2D eigenvalue weighted by atomic mass is 15.1. The Morgan fingerprint density at radius 2 is 1.28 bits per heavy atom. The van der Waals surface area contributed by atoms with Gasteiger partial charge in [0.25, 0.3) is 0 Å². The molecule has 0 radical (unpaired) electrons. The molecule has 104 valence electrons. The molecule has 0 atom stereocenters. The highest BCUT2D eigenvalue weighted by molar-refractivity contribution is 6.36. The van der Waals surface area contributed by atoms with E-state index in [-0.39, 0.29) is 0 Å². The fourth-order valence-corrected chi connectivity index (χ4v) is 3.68. The van der Waals surface area contributed by atoms with Crippen LogP contribution in [-0.2, 0) is 0 Å². The first kappa shape index (κ1) is 14.4. The minimum atomic E-state index is 0.463. The van der Waals surface area contributed by atoms with E-state index >= 15 is 0 Å². The Morgan fingerprint density at radius 3 is 1.61 bits per heavy atom. The molecule has 0 aromatic carbocycles. The Balaban J connectivity index is 2.03. The smallest absolute Gasteiger partial charge is 0.210 e. The number of rotatable bonds is 5. The van der Waals surface area contributed by atoms with Gasteiger partial charge < -0.3 is 4.81 Å². The van der Waals surface area contributed by atoms with E-state index in [9.17, 15) is 0 Å². The lowest BCUT2D eigenvalue weighted by Crippen LogP contribution is -2.47.